The van der Waals surface area contributed by atoms with Crippen LogP contribution in [0.3, 0.4) is 0 Å². The molecular weight excluding hydrogens is 240 g/mol. The third kappa shape index (κ3) is 4.38. The van der Waals surface area contributed by atoms with Gasteiger partial charge in [0.05, 0.1) is 19.1 Å². The third-order valence-corrected chi connectivity index (χ3v) is 2.54. The van der Waals surface area contributed by atoms with Crippen LogP contribution in [0.5, 0.6) is 0 Å². The van der Waals surface area contributed by atoms with Gasteiger partial charge in [0.25, 0.3) is 0 Å². The number of ether oxygens (including phenoxy) is 1. The van der Waals surface area contributed by atoms with E-state index in [1.165, 1.54) is 0 Å². The smallest absolute Gasteiger partial charge is 0.308 e. The zero-order chi connectivity index (χ0) is 12.8. The van der Waals surface area contributed by atoms with Crippen LogP contribution in [0.1, 0.15) is 25.0 Å². The molecule has 17 heavy (non-hydrogen) atoms. The number of aliphatic hydroxyl groups excluding tert-OH is 2. The van der Waals surface area contributed by atoms with Crippen molar-refractivity contribution in [2.45, 2.75) is 30.4 Å². The average molecular weight is 256 g/mol. The SMILES string of the molecule is CCOC(=O)CC(O)C(O)c1cccc(S)c1. The first-order valence-electron chi connectivity index (χ1n) is 5.35. The minimum Gasteiger partial charge on any atom is -0.466 e. The fourth-order valence-electron chi connectivity index (χ4n) is 1.43. The Morgan fingerprint density at radius 2 is 2.18 bits per heavy atom. The minimum atomic E-state index is -1.18. The Bertz CT molecular complexity index is 381. The van der Waals surface area contributed by atoms with E-state index in [4.69, 9.17) is 4.74 Å². The Kier molecular flexibility index (Phi) is 5.47. The van der Waals surface area contributed by atoms with Crippen molar-refractivity contribution >= 4 is 18.6 Å². The number of carbonyl (C=O) groups excluding carboxylic acids is 1. The molecule has 0 radical (unpaired) electrons. The van der Waals surface area contributed by atoms with E-state index >= 15 is 0 Å². The summed E-state index contributed by atoms with van der Waals surface area (Å²) in [5, 5.41) is 19.5. The molecule has 0 aliphatic carbocycles. The maximum atomic E-state index is 11.1. The quantitative estimate of drug-likeness (QED) is 0.549. The van der Waals surface area contributed by atoms with Gasteiger partial charge in [-0.25, -0.2) is 0 Å². The van der Waals surface area contributed by atoms with Gasteiger partial charge in [0, 0.05) is 4.90 Å². The molecule has 1 rings (SSSR count). The normalized spacial score (nSPS) is 14.1. The maximum absolute atomic E-state index is 11.1. The van der Waals surface area contributed by atoms with Crippen LogP contribution < -0.4 is 0 Å². The van der Waals surface area contributed by atoms with E-state index in [1.807, 2.05) is 0 Å². The summed E-state index contributed by atoms with van der Waals surface area (Å²) in [4.78, 5) is 11.8. The van der Waals surface area contributed by atoms with E-state index in [0.29, 0.717) is 10.5 Å². The topological polar surface area (TPSA) is 66.8 Å². The minimum absolute atomic E-state index is 0.230. The van der Waals surface area contributed by atoms with Gasteiger partial charge in [0.2, 0.25) is 0 Å². The van der Waals surface area contributed by atoms with Crippen molar-refractivity contribution in [3.8, 4) is 0 Å². The van der Waals surface area contributed by atoms with Gasteiger partial charge < -0.3 is 14.9 Å². The summed E-state index contributed by atoms with van der Waals surface area (Å²) >= 11 is 4.14. The Hall–Kier alpha value is -1.04. The summed E-state index contributed by atoms with van der Waals surface area (Å²) in [6.45, 7) is 1.94. The molecule has 4 nitrogen and oxygen atoms in total. The number of benzene rings is 1. The van der Waals surface area contributed by atoms with Gasteiger partial charge in [-0.15, -0.1) is 12.6 Å². The van der Waals surface area contributed by atoms with Crippen LogP contribution in [-0.4, -0.2) is 28.9 Å². The van der Waals surface area contributed by atoms with Crippen molar-refractivity contribution in [3.63, 3.8) is 0 Å². The summed E-state index contributed by atoms with van der Waals surface area (Å²) in [6, 6.07) is 6.79. The molecule has 0 aromatic heterocycles. The highest BCUT2D eigenvalue weighted by Gasteiger charge is 2.22. The van der Waals surface area contributed by atoms with E-state index in [9.17, 15) is 15.0 Å². The fourth-order valence-corrected chi connectivity index (χ4v) is 1.67. The molecule has 0 saturated heterocycles. The van der Waals surface area contributed by atoms with Crippen molar-refractivity contribution < 1.29 is 19.7 Å². The van der Waals surface area contributed by atoms with Crippen molar-refractivity contribution in [1.82, 2.24) is 0 Å². The van der Waals surface area contributed by atoms with Gasteiger partial charge in [0.15, 0.2) is 0 Å². The Morgan fingerprint density at radius 3 is 2.76 bits per heavy atom. The highest BCUT2D eigenvalue weighted by atomic mass is 32.1. The molecule has 0 aliphatic heterocycles. The monoisotopic (exact) mass is 256 g/mol. The zero-order valence-corrected chi connectivity index (χ0v) is 10.4. The Morgan fingerprint density at radius 1 is 1.47 bits per heavy atom. The molecule has 2 N–H and O–H groups in total. The van der Waals surface area contributed by atoms with Gasteiger partial charge in [-0.1, -0.05) is 12.1 Å². The summed E-state index contributed by atoms with van der Waals surface area (Å²) in [5.41, 5.74) is 0.522. The first-order chi connectivity index (χ1) is 8.04. The van der Waals surface area contributed by atoms with Crippen molar-refractivity contribution in [1.29, 1.82) is 0 Å². The van der Waals surface area contributed by atoms with E-state index in [1.54, 1.807) is 31.2 Å². The van der Waals surface area contributed by atoms with Crippen LogP contribution in [0.4, 0.5) is 0 Å². The molecule has 0 bridgehead atoms. The van der Waals surface area contributed by atoms with E-state index < -0.39 is 18.2 Å². The van der Waals surface area contributed by atoms with Gasteiger partial charge in [-0.2, -0.15) is 0 Å². The molecule has 0 fully saturated rings. The molecule has 2 unspecified atom stereocenters. The zero-order valence-electron chi connectivity index (χ0n) is 9.54. The van der Waals surface area contributed by atoms with Crippen LogP contribution in [0.2, 0.25) is 0 Å². The predicted molar refractivity (Wildman–Crippen MR) is 65.9 cm³/mol. The van der Waals surface area contributed by atoms with Gasteiger partial charge in [-0.05, 0) is 24.6 Å². The Balaban J connectivity index is 2.63. The first-order valence-corrected chi connectivity index (χ1v) is 5.80. The van der Waals surface area contributed by atoms with Crippen LogP contribution >= 0.6 is 12.6 Å². The number of thiol groups is 1. The van der Waals surface area contributed by atoms with Gasteiger partial charge in [-0.3, -0.25) is 4.79 Å². The molecule has 0 saturated carbocycles. The average Bonchev–Trinajstić information content (AvgIpc) is 2.28. The number of carbonyl (C=O) groups is 1. The van der Waals surface area contributed by atoms with Crippen LogP contribution in [0, 0.1) is 0 Å². The molecule has 0 heterocycles. The lowest BCUT2D eigenvalue weighted by atomic mass is 10.0. The number of aliphatic hydroxyl groups is 2. The maximum Gasteiger partial charge on any atom is 0.308 e. The van der Waals surface area contributed by atoms with Crippen molar-refractivity contribution in [3.05, 3.63) is 29.8 Å². The first kappa shape index (κ1) is 14.0. The lowest BCUT2D eigenvalue weighted by molar-refractivity contribution is -0.147. The lowest BCUT2D eigenvalue weighted by Crippen LogP contribution is -2.23. The third-order valence-electron chi connectivity index (χ3n) is 2.26. The van der Waals surface area contributed by atoms with Crippen LogP contribution in [0.25, 0.3) is 0 Å². The van der Waals surface area contributed by atoms with Gasteiger partial charge in [0.1, 0.15) is 6.10 Å². The summed E-state index contributed by atoms with van der Waals surface area (Å²) in [5.74, 6) is -0.527. The number of rotatable bonds is 5. The van der Waals surface area contributed by atoms with E-state index in [-0.39, 0.29) is 13.0 Å². The molecule has 0 aliphatic rings. The standard InChI is InChI=1S/C12H16O4S/c1-2-16-11(14)7-10(13)12(15)8-4-3-5-9(17)6-8/h3-6,10,12-13,15,17H,2,7H2,1H3. The van der Waals surface area contributed by atoms with Crippen LogP contribution in [-0.2, 0) is 9.53 Å². The largest absolute Gasteiger partial charge is 0.466 e. The van der Waals surface area contributed by atoms with Gasteiger partial charge >= 0.3 is 5.97 Å². The highest BCUT2D eigenvalue weighted by Crippen LogP contribution is 2.21. The lowest BCUT2D eigenvalue weighted by Gasteiger charge is -2.17. The van der Waals surface area contributed by atoms with Crippen LogP contribution in [0.15, 0.2) is 29.2 Å². The highest BCUT2D eigenvalue weighted by molar-refractivity contribution is 7.80. The van der Waals surface area contributed by atoms with Crippen molar-refractivity contribution in [2.24, 2.45) is 0 Å². The van der Waals surface area contributed by atoms with E-state index in [2.05, 4.69) is 12.6 Å². The summed E-state index contributed by atoms with van der Waals surface area (Å²) in [7, 11) is 0. The summed E-state index contributed by atoms with van der Waals surface area (Å²) in [6.07, 6.45) is -2.53. The number of esters is 1. The predicted octanol–water partition coefficient (Wildman–Crippen LogP) is 1.32. The molecule has 1 aromatic carbocycles. The second kappa shape index (κ2) is 6.64. The molecule has 0 amide bonds. The summed E-state index contributed by atoms with van der Waals surface area (Å²) < 4.78 is 4.70. The number of hydrogen-bond acceptors (Lipinski definition) is 5. The molecule has 0 spiro atoms. The molecule has 2 atom stereocenters. The molecule has 94 valence electrons. The molecule has 1 aromatic rings. The Labute approximate surface area is 106 Å². The fraction of sp³-hybridized carbons (Fsp3) is 0.417. The second-order valence-electron chi connectivity index (χ2n) is 3.62. The van der Waals surface area contributed by atoms with Crippen molar-refractivity contribution in [2.75, 3.05) is 6.61 Å². The van der Waals surface area contributed by atoms with E-state index in [0.717, 1.165) is 0 Å². The second-order valence-corrected chi connectivity index (χ2v) is 4.13. The number of hydrogen-bond donors (Lipinski definition) is 3. The molecular formula is C12H16O4S. The molecule has 5 heteroatoms.